The highest BCUT2D eigenvalue weighted by Gasteiger charge is 2.15. The van der Waals surface area contributed by atoms with Gasteiger partial charge in [0.25, 0.3) is 0 Å². The zero-order valence-electron chi connectivity index (χ0n) is 10.2. The molecule has 0 aliphatic rings. The normalized spacial score (nSPS) is 13.1. The molecule has 0 amide bonds. The molecule has 2 aromatic carbocycles. The van der Waals surface area contributed by atoms with E-state index in [-0.39, 0.29) is 11.4 Å². The standard InChI is InChI=1S/C14H15NO3S/c16-14(12-7-3-1-4-8-12)11-15-19(17,18)13-9-5-2-6-10-13/h1-10,14-16H,11H2/t14-/m1/s1. The summed E-state index contributed by atoms with van der Waals surface area (Å²) in [6.07, 6.45) is -0.861. The van der Waals surface area contributed by atoms with Crippen LogP contribution in [0.2, 0.25) is 0 Å². The fraction of sp³-hybridized carbons (Fsp3) is 0.143. The predicted octanol–water partition coefficient (Wildman–Crippen LogP) is 1.70. The Balaban J connectivity index is 2.03. The number of aliphatic hydroxyl groups excluding tert-OH is 1. The highest BCUT2D eigenvalue weighted by atomic mass is 32.2. The van der Waals surface area contributed by atoms with Gasteiger partial charge in [0.2, 0.25) is 10.0 Å². The minimum absolute atomic E-state index is 0.0543. The van der Waals surface area contributed by atoms with E-state index in [2.05, 4.69) is 4.72 Å². The lowest BCUT2D eigenvalue weighted by Crippen LogP contribution is -2.28. The van der Waals surface area contributed by atoms with Crippen molar-refractivity contribution in [3.63, 3.8) is 0 Å². The summed E-state index contributed by atoms with van der Waals surface area (Å²) in [7, 11) is -3.57. The molecule has 100 valence electrons. The number of hydrogen-bond donors (Lipinski definition) is 2. The van der Waals surface area contributed by atoms with Gasteiger partial charge < -0.3 is 5.11 Å². The Labute approximate surface area is 112 Å². The van der Waals surface area contributed by atoms with Crippen LogP contribution in [-0.4, -0.2) is 20.1 Å². The van der Waals surface area contributed by atoms with Crippen molar-refractivity contribution in [1.82, 2.24) is 4.72 Å². The van der Waals surface area contributed by atoms with E-state index in [4.69, 9.17) is 0 Å². The third kappa shape index (κ3) is 3.64. The molecule has 0 fully saturated rings. The third-order valence-electron chi connectivity index (χ3n) is 2.70. The largest absolute Gasteiger partial charge is 0.387 e. The van der Waals surface area contributed by atoms with E-state index in [0.717, 1.165) is 0 Å². The lowest BCUT2D eigenvalue weighted by Gasteiger charge is -2.12. The highest BCUT2D eigenvalue weighted by Crippen LogP contribution is 2.13. The van der Waals surface area contributed by atoms with E-state index >= 15 is 0 Å². The second kappa shape index (κ2) is 5.97. The second-order valence-corrected chi connectivity index (χ2v) is 5.86. The van der Waals surface area contributed by atoms with Crippen molar-refractivity contribution in [3.8, 4) is 0 Å². The van der Waals surface area contributed by atoms with Crippen LogP contribution in [0.1, 0.15) is 11.7 Å². The van der Waals surface area contributed by atoms with Crippen LogP contribution >= 0.6 is 0 Å². The van der Waals surface area contributed by atoms with E-state index in [1.807, 2.05) is 6.07 Å². The van der Waals surface area contributed by atoms with Crippen LogP contribution in [0.15, 0.2) is 65.6 Å². The summed E-state index contributed by atoms with van der Waals surface area (Å²) in [4.78, 5) is 0.190. The van der Waals surface area contributed by atoms with E-state index in [1.54, 1.807) is 42.5 Å². The number of rotatable bonds is 5. The Morgan fingerprint density at radius 2 is 1.47 bits per heavy atom. The van der Waals surface area contributed by atoms with E-state index in [9.17, 15) is 13.5 Å². The summed E-state index contributed by atoms with van der Waals surface area (Å²) in [5.74, 6) is 0. The molecular formula is C14H15NO3S. The highest BCUT2D eigenvalue weighted by molar-refractivity contribution is 7.89. The van der Waals surface area contributed by atoms with Gasteiger partial charge in [-0.2, -0.15) is 0 Å². The van der Waals surface area contributed by atoms with Gasteiger partial charge in [0.05, 0.1) is 11.0 Å². The first-order chi connectivity index (χ1) is 9.09. The smallest absolute Gasteiger partial charge is 0.240 e. The van der Waals surface area contributed by atoms with Gasteiger partial charge in [-0.05, 0) is 17.7 Å². The van der Waals surface area contributed by atoms with E-state index in [0.29, 0.717) is 5.56 Å². The van der Waals surface area contributed by atoms with Crippen molar-refractivity contribution < 1.29 is 13.5 Å². The topological polar surface area (TPSA) is 66.4 Å². The molecule has 0 spiro atoms. The Morgan fingerprint density at radius 1 is 0.947 bits per heavy atom. The predicted molar refractivity (Wildman–Crippen MR) is 73.0 cm³/mol. The van der Waals surface area contributed by atoms with Crippen LogP contribution in [0, 0.1) is 0 Å². The summed E-state index contributed by atoms with van der Waals surface area (Å²) in [5, 5.41) is 9.90. The number of sulfonamides is 1. The monoisotopic (exact) mass is 277 g/mol. The first kappa shape index (κ1) is 13.7. The number of aliphatic hydroxyl groups is 1. The van der Waals surface area contributed by atoms with Crippen LogP contribution in [0.5, 0.6) is 0 Å². The van der Waals surface area contributed by atoms with Crippen molar-refractivity contribution in [1.29, 1.82) is 0 Å². The summed E-state index contributed by atoms with van der Waals surface area (Å²) < 4.78 is 26.3. The van der Waals surface area contributed by atoms with Crippen molar-refractivity contribution in [2.75, 3.05) is 6.54 Å². The average molecular weight is 277 g/mol. The van der Waals surface area contributed by atoms with Crippen molar-refractivity contribution in [3.05, 3.63) is 66.2 Å². The molecule has 2 N–H and O–H groups in total. The molecule has 19 heavy (non-hydrogen) atoms. The lowest BCUT2D eigenvalue weighted by molar-refractivity contribution is 0.182. The SMILES string of the molecule is O=S(=O)(NC[C@@H](O)c1ccccc1)c1ccccc1. The molecule has 0 aliphatic carbocycles. The number of hydrogen-bond acceptors (Lipinski definition) is 3. The molecule has 0 saturated carbocycles. The molecule has 2 rings (SSSR count). The van der Waals surface area contributed by atoms with Gasteiger partial charge in [-0.25, -0.2) is 13.1 Å². The second-order valence-electron chi connectivity index (χ2n) is 4.09. The Kier molecular flexibility index (Phi) is 4.31. The first-order valence-corrected chi connectivity index (χ1v) is 7.35. The lowest BCUT2D eigenvalue weighted by atomic mass is 10.1. The maximum atomic E-state index is 11.9. The van der Waals surface area contributed by atoms with Gasteiger partial charge in [-0.1, -0.05) is 48.5 Å². The number of benzene rings is 2. The van der Waals surface area contributed by atoms with Crippen LogP contribution in [0.3, 0.4) is 0 Å². The van der Waals surface area contributed by atoms with Crippen LogP contribution in [0.25, 0.3) is 0 Å². The van der Waals surface area contributed by atoms with Gasteiger partial charge in [-0.15, -0.1) is 0 Å². The molecule has 0 aromatic heterocycles. The molecule has 0 saturated heterocycles. The minimum atomic E-state index is -3.57. The van der Waals surface area contributed by atoms with Crippen molar-refractivity contribution in [2.24, 2.45) is 0 Å². The van der Waals surface area contributed by atoms with Gasteiger partial charge in [-0.3, -0.25) is 0 Å². The molecule has 0 aliphatic heterocycles. The molecule has 1 atom stereocenters. The Bertz CT molecular complexity index is 612. The summed E-state index contributed by atoms with van der Waals surface area (Å²) >= 11 is 0. The zero-order valence-corrected chi connectivity index (χ0v) is 11.0. The van der Waals surface area contributed by atoms with Crippen molar-refractivity contribution >= 4 is 10.0 Å². The summed E-state index contributed by atoms with van der Waals surface area (Å²) in [6, 6.07) is 17.0. The third-order valence-corrected chi connectivity index (χ3v) is 4.14. The quantitative estimate of drug-likeness (QED) is 0.874. The van der Waals surface area contributed by atoms with Gasteiger partial charge >= 0.3 is 0 Å². The maximum absolute atomic E-state index is 11.9. The molecule has 5 heteroatoms. The molecular weight excluding hydrogens is 262 g/mol. The van der Waals surface area contributed by atoms with Crippen LogP contribution in [0.4, 0.5) is 0 Å². The van der Waals surface area contributed by atoms with Crippen molar-refractivity contribution in [2.45, 2.75) is 11.0 Å². The van der Waals surface area contributed by atoms with Crippen LogP contribution in [-0.2, 0) is 10.0 Å². The van der Waals surface area contributed by atoms with Gasteiger partial charge in [0, 0.05) is 6.54 Å². The fourth-order valence-electron chi connectivity index (χ4n) is 1.66. The number of nitrogens with one attached hydrogen (secondary N) is 1. The molecule has 4 nitrogen and oxygen atoms in total. The Morgan fingerprint density at radius 3 is 2.05 bits per heavy atom. The summed E-state index contributed by atoms with van der Waals surface area (Å²) in [6.45, 7) is -0.0543. The van der Waals surface area contributed by atoms with Gasteiger partial charge in [0.15, 0.2) is 0 Å². The van der Waals surface area contributed by atoms with Crippen LogP contribution < -0.4 is 4.72 Å². The molecule has 0 heterocycles. The van der Waals surface area contributed by atoms with E-state index in [1.165, 1.54) is 12.1 Å². The Hall–Kier alpha value is -1.69. The zero-order chi connectivity index (χ0) is 13.7. The maximum Gasteiger partial charge on any atom is 0.240 e. The first-order valence-electron chi connectivity index (χ1n) is 5.87. The van der Waals surface area contributed by atoms with E-state index < -0.39 is 16.1 Å². The minimum Gasteiger partial charge on any atom is -0.387 e. The molecule has 0 bridgehead atoms. The molecule has 0 unspecified atom stereocenters. The molecule has 0 radical (unpaired) electrons. The average Bonchev–Trinajstić information content (AvgIpc) is 2.47. The summed E-state index contributed by atoms with van der Waals surface area (Å²) in [5.41, 5.74) is 0.679. The van der Waals surface area contributed by atoms with Gasteiger partial charge in [0.1, 0.15) is 0 Å². The fourth-order valence-corrected chi connectivity index (χ4v) is 2.72. The molecule has 2 aromatic rings.